The maximum Gasteiger partial charge on any atom is 0.254 e. The predicted molar refractivity (Wildman–Crippen MR) is 90.8 cm³/mol. The van der Waals surface area contributed by atoms with Crippen molar-refractivity contribution in [2.75, 3.05) is 23.3 Å². The van der Waals surface area contributed by atoms with Crippen LogP contribution in [-0.4, -0.2) is 38.7 Å². The van der Waals surface area contributed by atoms with Crippen molar-refractivity contribution < 1.29 is 0 Å². The van der Waals surface area contributed by atoms with Crippen LogP contribution in [-0.2, 0) is 6.42 Å². The number of benzene rings is 1. The average Bonchev–Trinajstić information content (AvgIpc) is 3.24. The molecule has 1 saturated heterocycles. The molecule has 2 aromatic heterocycles. The van der Waals surface area contributed by atoms with E-state index in [-0.39, 0.29) is 0 Å². The van der Waals surface area contributed by atoms with E-state index >= 15 is 0 Å². The van der Waals surface area contributed by atoms with Crippen molar-refractivity contribution in [1.29, 1.82) is 0 Å². The molecule has 0 bridgehead atoms. The van der Waals surface area contributed by atoms with E-state index in [1.807, 2.05) is 0 Å². The van der Waals surface area contributed by atoms with Crippen LogP contribution in [0.15, 0.2) is 42.7 Å². The lowest BCUT2D eigenvalue weighted by Gasteiger charge is -2.19. The Morgan fingerprint density at radius 3 is 2.96 bits per heavy atom. The number of para-hydroxylation sites is 1. The average molecular weight is 308 g/mol. The molecule has 6 heteroatoms. The number of fused-ring (bicyclic) bond motifs is 1. The summed E-state index contributed by atoms with van der Waals surface area (Å²) in [7, 11) is 0. The second-order valence-electron chi connectivity index (χ2n) is 5.87. The Morgan fingerprint density at radius 1 is 1.26 bits per heavy atom. The number of hydrogen-bond acceptors (Lipinski definition) is 5. The third-order valence-electron chi connectivity index (χ3n) is 4.33. The topological polar surface area (TPSA) is 58.4 Å². The number of nitrogens with zero attached hydrogens (tertiary/aromatic N) is 5. The predicted octanol–water partition coefficient (Wildman–Crippen LogP) is 2.38. The van der Waals surface area contributed by atoms with Crippen LogP contribution in [0.25, 0.3) is 5.78 Å². The number of rotatable bonds is 4. The number of nitrogens with one attached hydrogen (secondary N) is 1. The summed E-state index contributed by atoms with van der Waals surface area (Å²) >= 11 is 0. The fraction of sp³-hybridized carbons (Fsp3) is 0.353. The van der Waals surface area contributed by atoms with Crippen LogP contribution in [0.1, 0.15) is 19.0 Å². The Bertz CT molecular complexity index is 797. The van der Waals surface area contributed by atoms with Crippen LogP contribution < -0.4 is 10.2 Å². The lowest BCUT2D eigenvalue weighted by atomic mass is 10.2. The first kappa shape index (κ1) is 14.0. The minimum absolute atomic E-state index is 0.398. The molecule has 0 radical (unpaired) electrons. The van der Waals surface area contributed by atoms with Crippen LogP contribution in [0.5, 0.6) is 0 Å². The summed E-state index contributed by atoms with van der Waals surface area (Å²) < 4.78 is 1.78. The molecule has 118 valence electrons. The minimum atomic E-state index is 0.398. The number of hydrogen-bond donors (Lipinski definition) is 1. The Labute approximate surface area is 135 Å². The lowest BCUT2D eigenvalue weighted by Crippen LogP contribution is -2.27. The monoisotopic (exact) mass is 308 g/mol. The van der Waals surface area contributed by atoms with Gasteiger partial charge >= 0.3 is 0 Å². The van der Waals surface area contributed by atoms with Gasteiger partial charge in [0.05, 0.1) is 0 Å². The highest BCUT2D eigenvalue weighted by atomic mass is 15.4. The third kappa shape index (κ3) is 2.72. The van der Waals surface area contributed by atoms with Crippen molar-refractivity contribution in [2.24, 2.45) is 0 Å². The SMILES string of the molecule is CCc1cc(NC2CCN(c3ccccc3)C2)n2ncnc2n1. The molecule has 1 aliphatic rings. The number of anilines is 2. The third-order valence-corrected chi connectivity index (χ3v) is 4.33. The Balaban J connectivity index is 1.54. The van der Waals surface area contributed by atoms with Crippen LogP contribution in [0.4, 0.5) is 11.5 Å². The molecule has 1 aliphatic heterocycles. The molecule has 3 heterocycles. The molecular formula is C17H20N6. The Hall–Kier alpha value is -2.63. The van der Waals surface area contributed by atoms with Gasteiger partial charge < -0.3 is 10.2 Å². The molecule has 6 nitrogen and oxygen atoms in total. The molecule has 0 spiro atoms. The molecule has 1 atom stereocenters. The highest BCUT2D eigenvalue weighted by Crippen LogP contribution is 2.22. The van der Waals surface area contributed by atoms with Crippen molar-refractivity contribution in [1.82, 2.24) is 19.6 Å². The van der Waals surface area contributed by atoms with Gasteiger partial charge in [0, 0.05) is 36.6 Å². The molecule has 1 unspecified atom stereocenters. The van der Waals surface area contributed by atoms with E-state index in [4.69, 9.17) is 0 Å². The smallest absolute Gasteiger partial charge is 0.254 e. The van der Waals surface area contributed by atoms with Crippen LogP contribution in [0, 0.1) is 0 Å². The molecule has 0 aliphatic carbocycles. The second kappa shape index (κ2) is 5.87. The molecule has 0 amide bonds. The van der Waals surface area contributed by atoms with Gasteiger partial charge in [-0.2, -0.15) is 14.6 Å². The van der Waals surface area contributed by atoms with E-state index in [9.17, 15) is 0 Å². The summed E-state index contributed by atoms with van der Waals surface area (Å²) in [6.07, 6.45) is 3.55. The summed E-state index contributed by atoms with van der Waals surface area (Å²) in [4.78, 5) is 11.1. The van der Waals surface area contributed by atoms with Crippen molar-refractivity contribution in [3.05, 3.63) is 48.4 Å². The van der Waals surface area contributed by atoms with E-state index in [0.717, 1.165) is 37.4 Å². The zero-order valence-corrected chi connectivity index (χ0v) is 13.2. The molecule has 4 rings (SSSR count). The van der Waals surface area contributed by atoms with E-state index in [1.54, 1.807) is 10.8 Å². The maximum absolute atomic E-state index is 4.49. The highest BCUT2D eigenvalue weighted by molar-refractivity contribution is 5.50. The fourth-order valence-corrected chi connectivity index (χ4v) is 3.11. The minimum Gasteiger partial charge on any atom is -0.369 e. The lowest BCUT2D eigenvalue weighted by molar-refractivity contribution is 0.782. The number of aryl methyl sites for hydroxylation is 1. The van der Waals surface area contributed by atoms with Gasteiger partial charge in [-0.25, -0.2) is 4.98 Å². The van der Waals surface area contributed by atoms with E-state index in [0.29, 0.717) is 11.8 Å². The Morgan fingerprint density at radius 2 is 2.13 bits per heavy atom. The molecule has 0 saturated carbocycles. The van der Waals surface area contributed by atoms with Gasteiger partial charge in [-0.05, 0) is 25.0 Å². The first-order chi connectivity index (χ1) is 11.3. The van der Waals surface area contributed by atoms with Gasteiger partial charge in [0.25, 0.3) is 5.78 Å². The Kier molecular flexibility index (Phi) is 3.57. The molecule has 23 heavy (non-hydrogen) atoms. The van der Waals surface area contributed by atoms with E-state index in [1.165, 1.54) is 5.69 Å². The molecular weight excluding hydrogens is 288 g/mol. The van der Waals surface area contributed by atoms with Gasteiger partial charge in [0.2, 0.25) is 0 Å². The molecule has 1 N–H and O–H groups in total. The first-order valence-corrected chi connectivity index (χ1v) is 8.09. The zero-order valence-electron chi connectivity index (χ0n) is 13.2. The standard InChI is InChI=1S/C17H20N6/c1-2-13-10-16(23-17(21-13)18-12-19-23)20-14-8-9-22(11-14)15-6-4-3-5-7-15/h3-7,10,12,14,20H,2,8-9,11H2,1H3. The first-order valence-electron chi connectivity index (χ1n) is 8.09. The van der Waals surface area contributed by atoms with Gasteiger partial charge in [0.15, 0.2) is 0 Å². The number of aromatic nitrogens is 4. The van der Waals surface area contributed by atoms with E-state index in [2.05, 4.69) is 68.6 Å². The quantitative estimate of drug-likeness (QED) is 0.802. The summed E-state index contributed by atoms with van der Waals surface area (Å²) in [5.74, 6) is 1.63. The van der Waals surface area contributed by atoms with Crippen LogP contribution in [0.3, 0.4) is 0 Å². The largest absolute Gasteiger partial charge is 0.369 e. The van der Waals surface area contributed by atoms with Crippen molar-refractivity contribution >= 4 is 17.3 Å². The van der Waals surface area contributed by atoms with Gasteiger partial charge in [0.1, 0.15) is 12.1 Å². The summed E-state index contributed by atoms with van der Waals surface area (Å²) in [6, 6.07) is 13.0. The zero-order chi connectivity index (χ0) is 15.6. The van der Waals surface area contributed by atoms with Gasteiger partial charge in [-0.3, -0.25) is 0 Å². The summed E-state index contributed by atoms with van der Waals surface area (Å²) in [5, 5.41) is 7.90. The summed E-state index contributed by atoms with van der Waals surface area (Å²) in [5.41, 5.74) is 2.32. The van der Waals surface area contributed by atoms with Crippen molar-refractivity contribution in [3.8, 4) is 0 Å². The van der Waals surface area contributed by atoms with Gasteiger partial charge in [-0.1, -0.05) is 25.1 Å². The van der Waals surface area contributed by atoms with Crippen LogP contribution in [0.2, 0.25) is 0 Å². The maximum atomic E-state index is 4.49. The fourth-order valence-electron chi connectivity index (χ4n) is 3.11. The molecule has 3 aromatic rings. The van der Waals surface area contributed by atoms with Gasteiger partial charge in [-0.15, -0.1) is 0 Å². The highest BCUT2D eigenvalue weighted by Gasteiger charge is 2.23. The molecule has 1 aromatic carbocycles. The summed E-state index contributed by atoms with van der Waals surface area (Å²) in [6.45, 7) is 4.16. The van der Waals surface area contributed by atoms with Crippen molar-refractivity contribution in [2.45, 2.75) is 25.8 Å². The van der Waals surface area contributed by atoms with E-state index < -0.39 is 0 Å². The van der Waals surface area contributed by atoms with Crippen LogP contribution >= 0.6 is 0 Å². The molecule has 1 fully saturated rings. The second-order valence-corrected chi connectivity index (χ2v) is 5.87. The normalized spacial score (nSPS) is 17.8. The van der Waals surface area contributed by atoms with Crippen molar-refractivity contribution in [3.63, 3.8) is 0 Å².